The van der Waals surface area contributed by atoms with E-state index < -0.39 is 0 Å². The Hall–Kier alpha value is -1.35. The number of carbonyl (C=O) groups excluding carboxylic acids is 1. The molecule has 0 aliphatic carbocycles. The number of thioether (sulfide) groups is 1. The lowest BCUT2D eigenvalue weighted by Gasteiger charge is -2.02. The Kier molecular flexibility index (Phi) is 5.94. The predicted molar refractivity (Wildman–Crippen MR) is 97.3 cm³/mol. The van der Waals surface area contributed by atoms with Crippen molar-refractivity contribution < 1.29 is 13.9 Å². The molecule has 3 rings (SSSR count). The van der Waals surface area contributed by atoms with Crippen LogP contribution in [0.1, 0.15) is 5.89 Å². The highest BCUT2D eigenvalue weighted by Gasteiger charge is 2.12. The van der Waals surface area contributed by atoms with Gasteiger partial charge in [-0.15, -0.1) is 33.3 Å². The van der Waals surface area contributed by atoms with Crippen molar-refractivity contribution in [2.75, 3.05) is 5.75 Å². The first kappa shape index (κ1) is 17.5. The van der Waals surface area contributed by atoms with Crippen LogP contribution in [0.3, 0.4) is 0 Å². The number of hydrogen-bond donors (Lipinski definition) is 0. The summed E-state index contributed by atoms with van der Waals surface area (Å²) in [7, 11) is 0. The van der Waals surface area contributed by atoms with E-state index in [1.165, 1.54) is 23.1 Å². The largest absolute Gasteiger partial charge is 0.455 e. The lowest BCUT2D eigenvalue weighted by Crippen LogP contribution is -2.07. The van der Waals surface area contributed by atoms with Gasteiger partial charge >= 0.3 is 5.97 Å². The van der Waals surface area contributed by atoms with Crippen LogP contribution in [-0.4, -0.2) is 21.9 Å². The second kappa shape index (κ2) is 8.15. The van der Waals surface area contributed by atoms with Gasteiger partial charge in [0.2, 0.25) is 0 Å². The third-order valence-corrected chi connectivity index (χ3v) is 5.63. The highest BCUT2D eigenvalue weighted by molar-refractivity contribution is 9.11. The summed E-state index contributed by atoms with van der Waals surface area (Å²) >= 11 is 12.0. The van der Waals surface area contributed by atoms with Gasteiger partial charge in [0.05, 0.1) is 14.4 Å². The van der Waals surface area contributed by atoms with Crippen LogP contribution in [0.5, 0.6) is 0 Å². The zero-order valence-corrected chi connectivity index (χ0v) is 16.0. The molecule has 9 heteroatoms. The van der Waals surface area contributed by atoms with Crippen LogP contribution in [0.15, 0.2) is 49.5 Å². The van der Waals surface area contributed by atoms with Crippen molar-refractivity contribution in [1.29, 1.82) is 0 Å². The molecule has 0 atom stereocenters. The van der Waals surface area contributed by atoms with Crippen LogP contribution >= 0.6 is 50.6 Å². The van der Waals surface area contributed by atoms with Crippen molar-refractivity contribution in [3.63, 3.8) is 0 Å². The standard InChI is InChI=1S/C15H10BrClN2O3S2/c16-12-6-5-11(24-12)15-19-18-13(22-15)7-21-14(20)8-23-10-3-1-9(17)2-4-10/h1-6H,7-8H2. The summed E-state index contributed by atoms with van der Waals surface area (Å²) in [5.41, 5.74) is 0. The number of thiophene rings is 1. The van der Waals surface area contributed by atoms with Crippen LogP contribution in [0.2, 0.25) is 5.02 Å². The predicted octanol–water partition coefficient (Wildman–Crippen LogP) is 5.05. The minimum atomic E-state index is -0.353. The smallest absolute Gasteiger partial charge is 0.316 e. The number of halogens is 2. The molecule has 0 aliphatic rings. The van der Waals surface area contributed by atoms with E-state index >= 15 is 0 Å². The van der Waals surface area contributed by atoms with E-state index in [-0.39, 0.29) is 24.2 Å². The summed E-state index contributed by atoms with van der Waals surface area (Å²) < 4.78 is 11.6. The van der Waals surface area contributed by atoms with Gasteiger partial charge < -0.3 is 9.15 Å². The molecule has 0 aliphatic heterocycles. The molecule has 0 spiro atoms. The van der Waals surface area contributed by atoms with Crippen molar-refractivity contribution in [3.05, 3.63) is 51.1 Å². The molecule has 24 heavy (non-hydrogen) atoms. The molecule has 2 heterocycles. The maximum absolute atomic E-state index is 11.8. The third kappa shape index (κ3) is 4.83. The second-order valence-electron chi connectivity index (χ2n) is 4.51. The van der Waals surface area contributed by atoms with Crippen molar-refractivity contribution in [3.8, 4) is 10.8 Å². The Morgan fingerprint density at radius 2 is 2.04 bits per heavy atom. The number of nitrogens with zero attached hydrogens (tertiary/aromatic N) is 2. The average Bonchev–Trinajstić information content (AvgIpc) is 3.21. The molecular formula is C15H10BrClN2O3S2. The normalized spacial score (nSPS) is 10.8. The minimum absolute atomic E-state index is 0.0421. The minimum Gasteiger partial charge on any atom is -0.455 e. The molecule has 124 valence electrons. The Morgan fingerprint density at radius 1 is 1.25 bits per heavy atom. The first-order valence-electron chi connectivity index (χ1n) is 6.72. The van der Waals surface area contributed by atoms with Crippen LogP contribution in [-0.2, 0) is 16.1 Å². The van der Waals surface area contributed by atoms with Crippen LogP contribution in [0.25, 0.3) is 10.8 Å². The zero-order valence-electron chi connectivity index (χ0n) is 12.1. The molecule has 5 nitrogen and oxygen atoms in total. The van der Waals surface area contributed by atoms with E-state index in [2.05, 4.69) is 26.1 Å². The number of esters is 1. The summed E-state index contributed by atoms with van der Waals surface area (Å²) in [5.74, 6) is 0.515. The second-order valence-corrected chi connectivity index (χ2v) is 8.46. The third-order valence-electron chi connectivity index (χ3n) is 2.78. The molecule has 0 saturated heterocycles. The summed E-state index contributed by atoms with van der Waals surface area (Å²) in [6.45, 7) is -0.0421. The van der Waals surface area contributed by atoms with E-state index in [0.29, 0.717) is 10.9 Å². The molecule has 1 aromatic carbocycles. The number of benzene rings is 1. The first-order valence-corrected chi connectivity index (χ1v) is 9.69. The molecule has 0 amide bonds. The van der Waals surface area contributed by atoms with Gasteiger partial charge in [-0.3, -0.25) is 4.79 Å². The fraction of sp³-hybridized carbons (Fsp3) is 0.133. The molecule has 0 saturated carbocycles. The van der Waals surface area contributed by atoms with E-state index in [4.69, 9.17) is 20.8 Å². The highest BCUT2D eigenvalue weighted by atomic mass is 79.9. The van der Waals surface area contributed by atoms with Crippen LogP contribution in [0.4, 0.5) is 0 Å². The number of carbonyl (C=O) groups is 1. The van der Waals surface area contributed by atoms with Gasteiger partial charge in [0.25, 0.3) is 11.8 Å². The fourth-order valence-electron chi connectivity index (χ4n) is 1.70. The van der Waals surface area contributed by atoms with Crippen molar-refractivity contribution in [2.45, 2.75) is 11.5 Å². The number of rotatable bonds is 6. The van der Waals surface area contributed by atoms with Gasteiger partial charge in [-0.1, -0.05) is 11.6 Å². The van der Waals surface area contributed by atoms with E-state index in [1.54, 1.807) is 12.1 Å². The fourth-order valence-corrected chi connectivity index (χ4v) is 3.83. The summed E-state index contributed by atoms with van der Waals surface area (Å²) in [5, 5.41) is 8.48. The molecule has 0 radical (unpaired) electrons. The van der Waals surface area contributed by atoms with Gasteiger partial charge in [-0.05, 0) is 52.3 Å². The van der Waals surface area contributed by atoms with Crippen molar-refractivity contribution in [2.24, 2.45) is 0 Å². The van der Waals surface area contributed by atoms with Crippen molar-refractivity contribution >= 4 is 56.6 Å². The van der Waals surface area contributed by atoms with Gasteiger partial charge in [-0.2, -0.15) is 0 Å². The van der Waals surface area contributed by atoms with E-state index in [1.807, 2.05) is 24.3 Å². The number of aromatic nitrogens is 2. The van der Waals surface area contributed by atoms with Gasteiger partial charge in [0.15, 0.2) is 6.61 Å². The molecule has 3 aromatic rings. The van der Waals surface area contributed by atoms with Gasteiger partial charge in [0.1, 0.15) is 0 Å². The van der Waals surface area contributed by atoms with Crippen molar-refractivity contribution in [1.82, 2.24) is 10.2 Å². The maximum Gasteiger partial charge on any atom is 0.316 e. The molecule has 0 unspecified atom stereocenters. The van der Waals surface area contributed by atoms with Gasteiger partial charge in [0, 0.05) is 9.92 Å². The van der Waals surface area contributed by atoms with Crippen LogP contribution in [0, 0.1) is 0 Å². The topological polar surface area (TPSA) is 65.2 Å². The summed E-state index contributed by atoms with van der Waals surface area (Å²) in [4.78, 5) is 13.6. The number of hydrogen-bond acceptors (Lipinski definition) is 7. The Balaban J connectivity index is 1.48. The monoisotopic (exact) mass is 444 g/mol. The lowest BCUT2D eigenvalue weighted by atomic mass is 10.4. The Morgan fingerprint density at radius 3 is 2.75 bits per heavy atom. The lowest BCUT2D eigenvalue weighted by molar-refractivity contribution is -0.142. The SMILES string of the molecule is O=C(CSc1ccc(Cl)cc1)OCc1nnc(-c2ccc(Br)s2)o1. The van der Waals surface area contributed by atoms with Gasteiger partial charge in [-0.25, -0.2) is 0 Å². The quantitative estimate of drug-likeness (QED) is 0.391. The summed E-state index contributed by atoms with van der Waals surface area (Å²) in [6, 6.07) is 11.0. The Bertz CT molecular complexity index is 835. The number of ether oxygens (including phenoxy) is 1. The molecular weight excluding hydrogens is 436 g/mol. The molecule has 2 aromatic heterocycles. The maximum atomic E-state index is 11.8. The molecule has 0 N–H and O–H groups in total. The molecule has 0 fully saturated rings. The first-order chi connectivity index (χ1) is 11.6. The summed E-state index contributed by atoms with van der Waals surface area (Å²) in [6.07, 6.45) is 0. The molecule has 0 bridgehead atoms. The Labute approximate surface area is 159 Å². The van der Waals surface area contributed by atoms with E-state index in [9.17, 15) is 4.79 Å². The highest BCUT2D eigenvalue weighted by Crippen LogP contribution is 2.30. The average molecular weight is 446 g/mol. The van der Waals surface area contributed by atoms with E-state index in [0.717, 1.165) is 13.6 Å². The zero-order chi connectivity index (χ0) is 16.9. The van der Waals surface area contributed by atoms with Crippen LogP contribution < -0.4 is 0 Å².